The molecule has 8 heteroatoms. The Morgan fingerprint density at radius 3 is 2.54 bits per heavy atom. The van der Waals surface area contributed by atoms with Crippen molar-refractivity contribution in [2.45, 2.75) is 5.75 Å². The molecule has 2 aromatic carbocycles. The molecule has 0 saturated heterocycles. The lowest BCUT2D eigenvalue weighted by Crippen LogP contribution is -2.41. The van der Waals surface area contributed by atoms with Gasteiger partial charge in [0.05, 0.1) is 11.9 Å². The summed E-state index contributed by atoms with van der Waals surface area (Å²) < 4.78 is 25.9. The van der Waals surface area contributed by atoms with Gasteiger partial charge in [0.2, 0.25) is 15.9 Å². The highest BCUT2D eigenvalue weighted by Crippen LogP contribution is 2.21. The zero-order valence-corrected chi connectivity index (χ0v) is 17.6. The lowest BCUT2D eigenvalue weighted by Gasteiger charge is -2.22. The zero-order chi connectivity index (χ0) is 19.0. The lowest BCUT2D eigenvalue weighted by molar-refractivity contribution is -0.119. The van der Waals surface area contributed by atoms with E-state index in [9.17, 15) is 13.2 Å². The Hall–Kier alpha value is -1.51. The van der Waals surface area contributed by atoms with Crippen molar-refractivity contribution in [1.29, 1.82) is 0 Å². The van der Waals surface area contributed by atoms with Gasteiger partial charge in [-0.1, -0.05) is 52.3 Å². The Kier molecular flexibility index (Phi) is 7.99. The molecule has 0 aliphatic carbocycles. The van der Waals surface area contributed by atoms with Crippen molar-refractivity contribution in [1.82, 2.24) is 5.32 Å². The van der Waals surface area contributed by atoms with Gasteiger partial charge in [0.15, 0.2) is 0 Å². The molecule has 0 aliphatic heterocycles. The van der Waals surface area contributed by atoms with Crippen LogP contribution in [0.3, 0.4) is 0 Å². The van der Waals surface area contributed by atoms with Crippen LogP contribution in [0.15, 0.2) is 59.1 Å². The van der Waals surface area contributed by atoms with Crippen molar-refractivity contribution < 1.29 is 13.2 Å². The Bertz CT molecular complexity index is 829. The number of halogens is 1. The molecule has 0 heterocycles. The van der Waals surface area contributed by atoms with Crippen molar-refractivity contribution >= 4 is 49.3 Å². The average molecular weight is 457 g/mol. The number of carbonyl (C=O) groups excluding carboxylic acids is 1. The summed E-state index contributed by atoms with van der Waals surface area (Å²) in [5.41, 5.74) is 1.69. The van der Waals surface area contributed by atoms with Crippen molar-refractivity contribution in [3.63, 3.8) is 0 Å². The van der Waals surface area contributed by atoms with Crippen LogP contribution in [0.5, 0.6) is 0 Å². The third-order valence-electron chi connectivity index (χ3n) is 3.46. The molecule has 26 heavy (non-hydrogen) atoms. The fraction of sp³-hybridized carbons (Fsp3) is 0.278. The Labute approximate surface area is 167 Å². The monoisotopic (exact) mass is 456 g/mol. The normalized spacial score (nSPS) is 11.2. The maximum Gasteiger partial charge on any atom is 0.240 e. The minimum Gasteiger partial charge on any atom is -0.354 e. The van der Waals surface area contributed by atoms with Gasteiger partial charge in [-0.3, -0.25) is 9.10 Å². The Morgan fingerprint density at radius 1 is 1.15 bits per heavy atom. The van der Waals surface area contributed by atoms with Gasteiger partial charge in [0, 0.05) is 22.5 Å². The van der Waals surface area contributed by atoms with Crippen molar-refractivity contribution in [2.75, 3.05) is 29.4 Å². The third kappa shape index (κ3) is 7.01. The number of nitrogens with zero attached hydrogens (tertiary/aromatic N) is 1. The van der Waals surface area contributed by atoms with Crippen LogP contribution >= 0.6 is 27.7 Å². The number of sulfonamides is 1. The summed E-state index contributed by atoms with van der Waals surface area (Å²) in [6, 6.07) is 17.0. The van der Waals surface area contributed by atoms with Crippen LogP contribution in [0.2, 0.25) is 0 Å². The topological polar surface area (TPSA) is 66.5 Å². The molecule has 5 nitrogen and oxygen atoms in total. The van der Waals surface area contributed by atoms with Gasteiger partial charge in [-0.15, -0.1) is 0 Å². The number of hydrogen-bond acceptors (Lipinski definition) is 4. The molecule has 2 aromatic rings. The van der Waals surface area contributed by atoms with Crippen molar-refractivity contribution in [3.8, 4) is 0 Å². The van der Waals surface area contributed by atoms with Gasteiger partial charge in [-0.05, 0) is 23.8 Å². The van der Waals surface area contributed by atoms with Gasteiger partial charge in [-0.2, -0.15) is 11.8 Å². The van der Waals surface area contributed by atoms with E-state index in [2.05, 4.69) is 33.4 Å². The molecule has 0 saturated carbocycles. The summed E-state index contributed by atoms with van der Waals surface area (Å²) in [5, 5.41) is 2.78. The van der Waals surface area contributed by atoms with E-state index in [0.29, 0.717) is 12.2 Å². The minimum atomic E-state index is -3.55. The van der Waals surface area contributed by atoms with Crippen molar-refractivity contribution in [2.24, 2.45) is 0 Å². The number of rotatable bonds is 9. The van der Waals surface area contributed by atoms with Gasteiger partial charge in [0.1, 0.15) is 6.54 Å². The first-order valence-corrected chi connectivity index (χ1v) is 11.8. The van der Waals surface area contributed by atoms with E-state index in [1.165, 1.54) is 5.56 Å². The molecule has 0 aliphatic rings. The second-order valence-electron chi connectivity index (χ2n) is 5.64. The van der Waals surface area contributed by atoms with Crippen LogP contribution in [-0.4, -0.2) is 39.4 Å². The molecule has 1 amide bonds. The number of benzene rings is 2. The highest BCUT2D eigenvalue weighted by atomic mass is 79.9. The summed E-state index contributed by atoms with van der Waals surface area (Å²) in [7, 11) is -3.55. The molecular weight excluding hydrogens is 436 g/mol. The first kappa shape index (κ1) is 20.8. The van der Waals surface area contributed by atoms with Gasteiger partial charge < -0.3 is 5.32 Å². The van der Waals surface area contributed by atoms with E-state index in [0.717, 1.165) is 26.5 Å². The number of carbonyl (C=O) groups is 1. The first-order chi connectivity index (χ1) is 12.4. The molecule has 1 N–H and O–H groups in total. The second kappa shape index (κ2) is 9.99. The van der Waals surface area contributed by atoms with Gasteiger partial charge >= 0.3 is 0 Å². The summed E-state index contributed by atoms with van der Waals surface area (Å²) in [4.78, 5) is 12.2. The number of nitrogens with one attached hydrogen (secondary N) is 1. The number of anilines is 1. The summed E-state index contributed by atoms with van der Waals surface area (Å²) in [6.45, 7) is 0.255. The van der Waals surface area contributed by atoms with E-state index >= 15 is 0 Å². The standard InChI is InChI=1S/C18H21BrN2O3S2/c1-26(23,24)21(17-9-5-8-16(19)12-17)13-18(22)20-10-11-25-14-15-6-3-2-4-7-15/h2-9,12H,10-11,13-14H2,1H3,(H,20,22). The summed E-state index contributed by atoms with van der Waals surface area (Å²) in [5.74, 6) is 1.32. The Balaban J connectivity index is 1.82. The van der Waals surface area contributed by atoms with Crippen LogP contribution in [-0.2, 0) is 20.6 Å². The number of amides is 1. The minimum absolute atomic E-state index is 0.237. The average Bonchev–Trinajstić information content (AvgIpc) is 2.59. The molecule has 0 atom stereocenters. The smallest absolute Gasteiger partial charge is 0.240 e. The van der Waals surface area contributed by atoms with E-state index in [1.54, 1.807) is 36.0 Å². The van der Waals surface area contributed by atoms with E-state index < -0.39 is 10.0 Å². The SMILES string of the molecule is CS(=O)(=O)N(CC(=O)NCCSCc1ccccc1)c1cccc(Br)c1. The zero-order valence-electron chi connectivity index (χ0n) is 14.4. The molecule has 0 unspecified atom stereocenters. The molecule has 0 spiro atoms. The van der Waals surface area contributed by atoms with Crippen LogP contribution in [0, 0.1) is 0 Å². The van der Waals surface area contributed by atoms with Crippen LogP contribution in [0.25, 0.3) is 0 Å². The van der Waals surface area contributed by atoms with Gasteiger partial charge in [-0.25, -0.2) is 8.42 Å². The van der Waals surface area contributed by atoms with Crippen LogP contribution in [0.1, 0.15) is 5.56 Å². The second-order valence-corrected chi connectivity index (χ2v) is 9.57. The summed E-state index contributed by atoms with van der Waals surface area (Å²) in [6.07, 6.45) is 1.09. The quantitative estimate of drug-likeness (QED) is 0.587. The van der Waals surface area contributed by atoms with E-state index in [-0.39, 0.29) is 12.5 Å². The fourth-order valence-corrected chi connectivity index (χ4v) is 4.30. The highest BCUT2D eigenvalue weighted by Gasteiger charge is 2.20. The Morgan fingerprint density at radius 2 is 1.88 bits per heavy atom. The number of hydrogen-bond donors (Lipinski definition) is 1. The molecule has 140 valence electrons. The molecule has 0 radical (unpaired) electrons. The van der Waals surface area contributed by atoms with E-state index in [4.69, 9.17) is 0 Å². The predicted molar refractivity (Wildman–Crippen MR) is 112 cm³/mol. The van der Waals surface area contributed by atoms with Crippen molar-refractivity contribution in [3.05, 3.63) is 64.6 Å². The molecular formula is C18H21BrN2O3S2. The molecule has 0 fully saturated rings. The third-order valence-corrected chi connectivity index (χ3v) is 6.13. The maximum atomic E-state index is 12.2. The molecule has 2 rings (SSSR count). The van der Waals surface area contributed by atoms with Crippen LogP contribution < -0.4 is 9.62 Å². The maximum absolute atomic E-state index is 12.2. The lowest BCUT2D eigenvalue weighted by atomic mass is 10.2. The summed E-state index contributed by atoms with van der Waals surface area (Å²) >= 11 is 5.04. The number of thioether (sulfide) groups is 1. The van der Waals surface area contributed by atoms with E-state index in [1.807, 2.05) is 18.2 Å². The fourth-order valence-electron chi connectivity index (χ4n) is 2.24. The molecule has 0 bridgehead atoms. The first-order valence-electron chi connectivity index (χ1n) is 7.98. The largest absolute Gasteiger partial charge is 0.354 e. The van der Waals surface area contributed by atoms with Crippen LogP contribution in [0.4, 0.5) is 5.69 Å². The predicted octanol–water partition coefficient (Wildman–Crippen LogP) is 3.26. The van der Waals surface area contributed by atoms with Gasteiger partial charge in [0.25, 0.3) is 0 Å². The highest BCUT2D eigenvalue weighted by molar-refractivity contribution is 9.10. The molecule has 0 aromatic heterocycles.